The summed E-state index contributed by atoms with van der Waals surface area (Å²) in [5, 5.41) is 7.80. The van der Waals surface area contributed by atoms with Gasteiger partial charge in [0.15, 0.2) is 16.4 Å². The second-order valence-electron chi connectivity index (χ2n) is 10.6. The number of likely N-dealkylation sites (N-methyl/N-ethyl adjacent to an activating group) is 1. The lowest BCUT2D eigenvalue weighted by Crippen LogP contribution is -2.45. The van der Waals surface area contributed by atoms with Gasteiger partial charge in [0.2, 0.25) is 0 Å². The normalized spacial score (nSPS) is 12.4. The van der Waals surface area contributed by atoms with E-state index < -0.39 is 5.60 Å². The van der Waals surface area contributed by atoms with E-state index in [0.29, 0.717) is 5.75 Å². The van der Waals surface area contributed by atoms with Crippen LogP contribution in [-0.2, 0) is 16.8 Å². The highest BCUT2D eigenvalue weighted by Crippen LogP contribution is 2.34. The summed E-state index contributed by atoms with van der Waals surface area (Å²) >= 11 is 1.62. The minimum Gasteiger partial charge on any atom is -0.478 e. The first kappa shape index (κ1) is 24.1. The number of aromatic nitrogens is 2. The van der Waals surface area contributed by atoms with Crippen LogP contribution in [0.15, 0.2) is 64.5 Å². The SMILES string of the molecule is CNC(=O)C(C)(C)Oc1ccc2c(ccn2Cc2ccc3oc(-c4nc(C(C)(C)C)cs4)cc3c2)c1. The van der Waals surface area contributed by atoms with Crippen LogP contribution >= 0.6 is 11.3 Å². The van der Waals surface area contributed by atoms with E-state index in [1.807, 2.05) is 24.3 Å². The molecule has 0 saturated carbocycles. The maximum atomic E-state index is 12.1. The van der Waals surface area contributed by atoms with Gasteiger partial charge in [0.1, 0.15) is 11.3 Å². The van der Waals surface area contributed by atoms with Gasteiger partial charge in [-0.05, 0) is 61.9 Å². The lowest BCUT2D eigenvalue weighted by molar-refractivity contribution is -0.133. The highest BCUT2D eigenvalue weighted by atomic mass is 32.1. The van der Waals surface area contributed by atoms with Crippen molar-refractivity contribution >= 4 is 39.1 Å². The van der Waals surface area contributed by atoms with Gasteiger partial charge in [-0.3, -0.25) is 4.79 Å². The summed E-state index contributed by atoms with van der Waals surface area (Å²) in [6, 6.07) is 16.4. The van der Waals surface area contributed by atoms with Gasteiger partial charge in [-0.15, -0.1) is 11.3 Å². The van der Waals surface area contributed by atoms with Crippen molar-refractivity contribution in [2.24, 2.45) is 0 Å². The molecule has 0 aliphatic heterocycles. The fraction of sp³-hybridized carbons (Fsp3) is 0.310. The fourth-order valence-electron chi connectivity index (χ4n) is 4.25. The second-order valence-corrected chi connectivity index (χ2v) is 11.5. The summed E-state index contributed by atoms with van der Waals surface area (Å²) in [6.45, 7) is 10.8. The van der Waals surface area contributed by atoms with Crippen molar-refractivity contribution in [2.75, 3.05) is 7.05 Å². The molecule has 6 nitrogen and oxygen atoms in total. The molecule has 0 aliphatic carbocycles. The number of amides is 1. The van der Waals surface area contributed by atoms with Crippen molar-refractivity contribution in [1.82, 2.24) is 14.9 Å². The lowest BCUT2D eigenvalue weighted by atomic mass is 9.93. The lowest BCUT2D eigenvalue weighted by Gasteiger charge is -2.24. The van der Waals surface area contributed by atoms with Crippen molar-refractivity contribution in [3.8, 4) is 16.5 Å². The third-order valence-electron chi connectivity index (χ3n) is 6.31. The summed E-state index contributed by atoms with van der Waals surface area (Å²) in [6.07, 6.45) is 2.08. The molecule has 0 bridgehead atoms. The Bertz CT molecular complexity index is 1570. The van der Waals surface area contributed by atoms with Crippen molar-refractivity contribution in [3.05, 3.63) is 71.4 Å². The molecule has 3 heterocycles. The van der Waals surface area contributed by atoms with Gasteiger partial charge in [0, 0.05) is 46.9 Å². The maximum Gasteiger partial charge on any atom is 0.263 e. The molecular formula is C29H31N3O3S. The van der Waals surface area contributed by atoms with Crippen LogP contribution < -0.4 is 10.1 Å². The number of fused-ring (bicyclic) bond motifs is 2. The maximum absolute atomic E-state index is 12.1. The van der Waals surface area contributed by atoms with Gasteiger partial charge < -0.3 is 19.0 Å². The number of hydrogen-bond acceptors (Lipinski definition) is 5. The number of furan rings is 1. The quantitative estimate of drug-likeness (QED) is 0.279. The third kappa shape index (κ3) is 4.63. The Morgan fingerprint density at radius 1 is 1.06 bits per heavy atom. The molecule has 7 heteroatoms. The molecule has 0 unspecified atom stereocenters. The number of rotatable bonds is 6. The van der Waals surface area contributed by atoms with E-state index in [1.54, 1.807) is 32.2 Å². The Hall–Kier alpha value is -3.58. The monoisotopic (exact) mass is 501 g/mol. The summed E-state index contributed by atoms with van der Waals surface area (Å²) in [4.78, 5) is 16.9. The minimum atomic E-state index is -0.948. The van der Waals surface area contributed by atoms with E-state index in [2.05, 4.69) is 66.5 Å². The summed E-state index contributed by atoms with van der Waals surface area (Å²) < 4.78 is 14.3. The molecule has 0 atom stereocenters. The van der Waals surface area contributed by atoms with Crippen LogP contribution in [0.25, 0.3) is 32.6 Å². The summed E-state index contributed by atoms with van der Waals surface area (Å²) in [5.74, 6) is 1.31. The second kappa shape index (κ2) is 8.82. The Labute approximate surface area is 214 Å². The molecule has 2 aromatic carbocycles. The fourth-order valence-corrected chi connectivity index (χ4v) is 5.24. The van der Waals surface area contributed by atoms with Crippen LogP contribution in [-0.4, -0.2) is 28.1 Å². The van der Waals surface area contributed by atoms with Crippen LogP contribution in [0.2, 0.25) is 0 Å². The number of hydrogen-bond donors (Lipinski definition) is 1. The van der Waals surface area contributed by atoms with E-state index >= 15 is 0 Å². The van der Waals surface area contributed by atoms with Crippen LogP contribution in [0.4, 0.5) is 0 Å². The average molecular weight is 502 g/mol. The zero-order chi connectivity index (χ0) is 25.7. The van der Waals surface area contributed by atoms with Crippen molar-refractivity contribution in [1.29, 1.82) is 0 Å². The molecule has 36 heavy (non-hydrogen) atoms. The Kier molecular flexibility index (Phi) is 5.91. The van der Waals surface area contributed by atoms with E-state index in [9.17, 15) is 4.79 Å². The van der Waals surface area contributed by atoms with Crippen LogP contribution in [0.5, 0.6) is 5.75 Å². The number of benzene rings is 2. The number of nitrogens with one attached hydrogen (secondary N) is 1. The van der Waals surface area contributed by atoms with E-state index in [4.69, 9.17) is 14.1 Å². The smallest absolute Gasteiger partial charge is 0.263 e. The van der Waals surface area contributed by atoms with Crippen molar-refractivity contribution in [3.63, 3.8) is 0 Å². The Balaban J connectivity index is 1.37. The number of carbonyl (C=O) groups excluding carboxylic acids is 1. The summed E-state index contributed by atoms with van der Waals surface area (Å²) in [5.41, 5.74) is 3.29. The molecule has 1 N–H and O–H groups in total. The van der Waals surface area contributed by atoms with E-state index in [-0.39, 0.29) is 11.3 Å². The van der Waals surface area contributed by atoms with Crippen LogP contribution in [0, 0.1) is 0 Å². The van der Waals surface area contributed by atoms with Gasteiger partial charge in [-0.1, -0.05) is 26.8 Å². The molecule has 1 amide bonds. The predicted octanol–water partition coefficient (Wildman–Crippen LogP) is 6.76. The van der Waals surface area contributed by atoms with Gasteiger partial charge >= 0.3 is 0 Å². The molecule has 5 rings (SSSR count). The summed E-state index contributed by atoms with van der Waals surface area (Å²) in [7, 11) is 1.61. The van der Waals surface area contributed by atoms with Gasteiger partial charge in [0.25, 0.3) is 5.91 Å². The number of thiazole rings is 1. The standard InChI is InChI=1S/C29H31N3O3S/c1-28(2,3)25-17-36-26(31-25)24-15-20-13-18(7-10-23(20)34-24)16-32-12-11-19-14-21(8-9-22(19)32)35-29(4,5)27(33)30-6/h7-15,17H,16H2,1-6H3,(H,30,33). The first-order valence-electron chi connectivity index (χ1n) is 12.0. The molecule has 0 fully saturated rings. The first-order chi connectivity index (χ1) is 17.0. The zero-order valence-electron chi connectivity index (χ0n) is 21.5. The average Bonchev–Trinajstić information content (AvgIpc) is 3.56. The largest absolute Gasteiger partial charge is 0.478 e. The van der Waals surface area contributed by atoms with Gasteiger partial charge in [-0.25, -0.2) is 4.98 Å². The molecule has 0 radical (unpaired) electrons. The highest BCUT2D eigenvalue weighted by Gasteiger charge is 2.29. The van der Waals surface area contributed by atoms with Gasteiger partial charge in [0.05, 0.1) is 5.69 Å². The van der Waals surface area contributed by atoms with E-state index in [1.165, 1.54) is 5.56 Å². The molecular weight excluding hydrogens is 470 g/mol. The molecule has 0 spiro atoms. The first-order valence-corrected chi connectivity index (χ1v) is 12.9. The van der Waals surface area contributed by atoms with Crippen LogP contribution in [0.3, 0.4) is 0 Å². The molecule has 3 aromatic heterocycles. The molecule has 5 aromatic rings. The van der Waals surface area contributed by atoms with Crippen molar-refractivity contribution < 1.29 is 13.9 Å². The van der Waals surface area contributed by atoms with Crippen LogP contribution in [0.1, 0.15) is 45.9 Å². The molecule has 186 valence electrons. The minimum absolute atomic E-state index is 0.0146. The number of nitrogens with zero attached hydrogens (tertiary/aromatic N) is 2. The zero-order valence-corrected chi connectivity index (χ0v) is 22.3. The molecule has 0 saturated heterocycles. The van der Waals surface area contributed by atoms with E-state index in [0.717, 1.165) is 44.9 Å². The Morgan fingerprint density at radius 2 is 1.86 bits per heavy atom. The third-order valence-corrected chi connectivity index (χ3v) is 7.16. The predicted molar refractivity (Wildman–Crippen MR) is 146 cm³/mol. The number of ether oxygens (including phenoxy) is 1. The highest BCUT2D eigenvalue weighted by molar-refractivity contribution is 7.13. The topological polar surface area (TPSA) is 69.3 Å². The Morgan fingerprint density at radius 3 is 2.58 bits per heavy atom. The number of carbonyl (C=O) groups is 1. The van der Waals surface area contributed by atoms with Crippen molar-refractivity contribution in [2.45, 2.75) is 52.2 Å². The molecule has 0 aliphatic rings. The van der Waals surface area contributed by atoms with Gasteiger partial charge in [-0.2, -0.15) is 0 Å².